The molecule has 0 amide bonds. The maximum Gasteiger partial charge on any atom is 0.255 e. The van der Waals surface area contributed by atoms with Crippen LogP contribution in [0.4, 0.5) is 22.9 Å². The van der Waals surface area contributed by atoms with Gasteiger partial charge in [-0.1, -0.05) is 30.3 Å². The Bertz CT molecular complexity index is 1130. The number of rotatable bonds is 7. The van der Waals surface area contributed by atoms with Crippen molar-refractivity contribution in [2.75, 3.05) is 41.2 Å². The fraction of sp³-hybridized carbons (Fsp3) is 0.182. The first-order valence-corrected chi connectivity index (χ1v) is 11.4. The van der Waals surface area contributed by atoms with Gasteiger partial charge < -0.3 is 15.0 Å². The molecule has 9 heteroatoms. The van der Waals surface area contributed by atoms with Crippen LogP contribution in [-0.4, -0.2) is 44.9 Å². The molecule has 3 aromatic rings. The second-order valence-corrected chi connectivity index (χ2v) is 8.53. The van der Waals surface area contributed by atoms with Gasteiger partial charge in [0.15, 0.2) is 5.82 Å². The van der Waals surface area contributed by atoms with Crippen LogP contribution in [-0.2, 0) is 14.8 Å². The van der Waals surface area contributed by atoms with Gasteiger partial charge >= 0.3 is 0 Å². The highest BCUT2D eigenvalue weighted by Crippen LogP contribution is 2.22. The van der Waals surface area contributed by atoms with Crippen molar-refractivity contribution in [3.05, 3.63) is 77.8 Å². The second kappa shape index (κ2) is 9.59. The molecule has 0 spiro atoms. The molecule has 0 aliphatic carbocycles. The van der Waals surface area contributed by atoms with Crippen molar-refractivity contribution in [3.63, 3.8) is 0 Å². The smallest absolute Gasteiger partial charge is 0.255 e. The lowest BCUT2D eigenvalue weighted by molar-refractivity contribution is 0.122. The minimum Gasteiger partial charge on any atom is -0.378 e. The van der Waals surface area contributed by atoms with Crippen LogP contribution in [0.2, 0.25) is 0 Å². The molecule has 8 nitrogen and oxygen atoms in total. The van der Waals surface area contributed by atoms with E-state index in [1.807, 2.05) is 36.4 Å². The van der Waals surface area contributed by atoms with Crippen molar-refractivity contribution in [1.82, 2.24) is 10.2 Å². The van der Waals surface area contributed by atoms with E-state index in [-0.39, 0.29) is 0 Å². The van der Waals surface area contributed by atoms with E-state index in [2.05, 4.69) is 25.1 Å². The predicted octanol–water partition coefficient (Wildman–Crippen LogP) is 3.47. The van der Waals surface area contributed by atoms with Crippen LogP contribution in [0, 0.1) is 0 Å². The molecule has 2 aromatic carbocycles. The molecular formula is C22H23N5O3S. The summed E-state index contributed by atoms with van der Waals surface area (Å²) in [5.41, 5.74) is 3.04. The molecule has 4 rings (SSSR count). The number of hydrogen-bond donors (Lipinski definition) is 2. The molecule has 0 bridgehead atoms. The summed E-state index contributed by atoms with van der Waals surface area (Å²) in [7, 11) is -3.61. The quantitative estimate of drug-likeness (QED) is 0.584. The average molecular weight is 438 g/mol. The number of morpholine rings is 1. The lowest BCUT2D eigenvalue weighted by atomic mass is 10.2. The van der Waals surface area contributed by atoms with E-state index in [1.54, 1.807) is 36.5 Å². The molecule has 0 radical (unpaired) electrons. The van der Waals surface area contributed by atoms with Gasteiger partial charge in [0.05, 0.1) is 30.5 Å². The molecule has 1 aliphatic heterocycles. The molecule has 1 saturated heterocycles. The molecule has 1 aromatic heterocycles. The summed E-state index contributed by atoms with van der Waals surface area (Å²) >= 11 is 0. The fourth-order valence-electron chi connectivity index (χ4n) is 3.11. The van der Waals surface area contributed by atoms with Crippen molar-refractivity contribution in [2.45, 2.75) is 0 Å². The lowest BCUT2D eigenvalue weighted by Gasteiger charge is -2.28. The summed E-state index contributed by atoms with van der Waals surface area (Å²) < 4.78 is 32.5. The Morgan fingerprint density at radius 2 is 1.68 bits per heavy atom. The van der Waals surface area contributed by atoms with Gasteiger partial charge in [-0.05, 0) is 35.9 Å². The predicted molar refractivity (Wildman–Crippen MR) is 123 cm³/mol. The maximum atomic E-state index is 12.3. The zero-order chi connectivity index (χ0) is 21.5. The van der Waals surface area contributed by atoms with Crippen molar-refractivity contribution < 1.29 is 13.2 Å². The van der Waals surface area contributed by atoms with E-state index >= 15 is 0 Å². The van der Waals surface area contributed by atoms with Gasteiger partial charge in [0.1, 0.15) is 0 Å². The molecular weight excluding hydrogens is 414 g/mol. The number of hydrogen-bond acceptors (Lipinski definition) is 7. The van der Waals surface area contributed by atoms with E-state index in [0.29, 0.717) is 24.7 Å². The number of benzene rings is 2. The van der Waals surface area contributed by atoms with E-state index < -0.39 is 10.0 Å². The van der Waals surface area contributed by atoms with Gasteiger partial charge in [-0.25, -0.2) is 8.42 Å². The summed E-state index contributed by atoms with van der Waals surface area (Å²) in [4.78, 5) is 2.20. The molecule has 1 aliphatic rings. The lowest BCUT2D eigenvalue weighted by Crippen LogP contribution is -2.36. The Balaban J connectivity index is 1.39. The van der Waals surface area contributed by atoms with Crippen LogP contribution in [0.1, 0.15) is 5.56 Å². The number of anilines is 4. The standard InChI is InChI=1S/C22H23N5O3S/c28-31(29,15-10-18-4-2-1-3-5-18)26-20-8-6-19(7-9-20)24-22-16-21(17-23-25-22)27-11-13-30-14-12-27/h1-10,15-17,26H,11-14H2,(H,24,25)/b15-10+. The Hall–Kier alpha value is -3.43. The molecule has 2 N–H and O–H groups in total. The van der Waals surface area contributed by atoms with Gasteiger partial charge in [-0.3, -0.25) is 4.72 Å². The van der Waals surface area contributed by atoms with Crippen molar-refractivity contribution in [3.8, 4) is 0 Å². The summed E-state index contributed by atoms with van der Waals surface area (Å²) in [5, 5.41) is 12.5. The molecule has 2 heterocycles. The second-order valence-electron chi connectivity index (χ2n) is 6.96. The summed E-state index contributed by atoms with van der Waals surface area (Å²) in [6.45, 7) is 3.03. The van der Waals surface area contributed by atoms with Crippen molar-refractivity contribution >= 4 is 39.0 Å². The van der Waals surface area contributed by atoms with Gasteiger partial charge in [0.25, 0.3) is 10.0 Å². The van der Waals surface area contributed by atoms with Gasteiger partial charge in [0, 0.05) is 30.5 Å². The highest BCUT2D eigenvalue weighted by molar-refractivity contribution is 7.95. The monoisotopic (exact) mass is 437 g/mol. The molecule has 0 atom stereocenters. The zero-order valence-electron chi connectivity index (χ0n) is 16.8. The third kappa shape index (κ3) is 6.03. The number of sulfonamides is 1. The minimum atomic E-state index is -3.61. The van der Waals surface area contributed by atoms with Gasteiger partial charge in [0.2, 0.25) is 0 Å². The Kier molecular flexibility index (Phi) is 6.44. The summed E-state index contributed by atoms with van der Waals surface area (Å²) in [5.74, 6) is 0.614. The highest BCUT2D eigenvalue weighted by atomic mass is 32.2. The van der Waals surface area contributed by atoms with Gasteiger partial charge in [-0.15, -0.1) is 5.10 Å². The normalized spacial score (nSPS) is 14.5. The number of ether oxygens (including phenoxy) is 1. The Morgan fingerprint density at radius 1 is 0.968 bits per heavy atom. The summed E-state index contributed by atoms with van der Waals surface area (Å²) in [6, 6.07) is 18.1. The SMILES string of the molecule is O=S(=O)(/C=C/c1ccccc1)Nc1ccc(Nc2cc(N3CCOCC3)cnn2)cc1. The molecule has 160 valence electrons. The third-order valence-corrected chi connectivity index (χ3v) is 5.69. The maximum absolute atomic E-state index is 12.3. The molecule has 31 heavy (non-hydrogen) atoms. The van der Waals surface area contributed by atoms with Crippen LogP contribution in [0.3, 0.4) is 0 Å². The van der Waals surface area contributed by atoms with Crippen LogP contribution in [0.15, 0.2) is 72.3 Å². The summed E-state index contributed by atoms with van der Waals surface area (Å²) in [6.07, 6.45) is 3.29. The van der Waals surface area contributed by atoms with Crippen LogP contribution >= 0.6 is 0 Å². The van der Waals surface area contributed by atoms with Crippen LogP contribution in [0.5, 0.6) is 0 Å². The van der Waals surface area contributed by atoms with Crippen LogP contribution in [0.25, 0.3) is 6.08 Å². The number of nitrogens with zero attached hydrogens (tertiary/aromatic N) is 3. The van der Waals surface area contributed by atoms with Crippen LogP contribution < -0.4 is 14.9 Å². The van der Waals surface area contributed by atoms with Crippen molar-refractivity contribution in [1.29, 1.82) is 0 Å². The highest BCUT2D eigenvalue weighted by Gasteiger charge is 2.12. The number of aromatic nitrogens is 2. The van der Waals surface area contributed by atoms with E-state index in [0.717, 1.165) is 35.4 Å². The third-order valence-electron chi connectivity index (χ3n) is 4.67. The number of nitrogens with one attached hydrogen (secondary N) is 2. The molecule has 0 saturated carbocycles. The largest absolute Gasteiger partial charge is 0.378 e. The van der Waals surface area contributed by atoms with Gasteiger partial charge in [-0.2, -0.15) is 5.10 Å². The Morgan fingerprint density at radius 3 is 2.42 bits per heavy atom. The Labute approximate surface area is 181 Å². The molecule has 1 fully saturated rings. The first-order valence-electron chi connectivity index (χ1n) is 9.86. The van der Waals surface area contributed by atoms with E-state index in [1.165, 1.54) is 0 Å². The first kappa shape index (κ1) is 20.8. The molecule has 0 unspecified atom stereocenters. The minimum absolute atomic E-state index is 0.469. The average Bonchev–Trinajstić information content (AvgIpc) is 2.80. The van der Waals surface area contributed by atoms with E-state index in [9.17, 15) is 8.42 Å². The fourth-order valence-corrected chi connectivity index (χ4v) is 3.98. The van der Waals surface area contributed by atoms with E-state index in [4.69, 9.17) is 4.74 Å². The topological polar surface area (TPSA) is 96.5 Å². The zero-order valence-corrected chi connectivity index (χ0v) is 17.6. The van der Waals surface area contributed by atoms with Crippen molar-refractivity contribution in [2.24, 2.45) is 0 Å². The first-order chi connectivity index (χ1) is 15.1.